The van der Waals surface area contributed by atoms with Gasteiger partial charge in [0.15, 0.2) is 4.96 Å². The number of nitrogens with one attached hydrogen (secondary N) is 1. The second-order valence-corrected chi connectivity index (χ2v) is 5.06. The van der Waals surface area contributed by atoms with Crippen LogP contribution in [0.1, 0.15) is 23.2 Å². The molecule has 1 aliphatic rings. The Bertz CT molecular complexity index is 627. The van der Waals surface area contributed by atoms with Crippen LogP contribution in [0.5, 0.6) is 0 Å². The summed E-state index contributed by atoms with van der Waals surface area (Å²) in [6.07, 6.45) is 5.32. The van der Waals surface area contributed by atoms with E-state index in [0.29, 0.717) is 17.4 Å². The minimum absolute atomic E-state index is 0.113. The van der Waals surface area contributed by atoms with Crippen molar-refractivity contribution < 1.29 is 4.79 Å². The van der Waals surface area contributed by atoms with Crippen LogP contribution in [-0.4, -0.2) is 21.8 Å². The first-order valence-corrected chi connectivity index (χ1v) is 6.37. The molecule has 0 spiro atoms. The Kier molecular flexibility index (Phi) is 2.44. The molecule has 1 fully saturated rings. The number of hydrogen-bond acceptors (Lipinski definition) is 4. The van der Waals surface area contributed by atoms with Gasteiger partial charge in [-0.25, -0.2) is 4.98 Å². The molecule has 17 heavy (non-hydrogen) atoms. The van der Waals surface area contributed by atoms with E-state index < -0.39 is 0 Å². The smallest absolute Gasteiger partial charge is 0.271 e. The fourth-order valence-electron chi connectivity index (χ4n) is 1.63. The largest absolute Gasteiger partial charge is 0.352 e. The lowest BCUT2D eigenvalue weighted by molar-refractivity contribution is 0.0950. The first kappa shape index (κ1) is 10.5. The molecule has 0 aromatic carbocycles. The van der Waals surface area contributed by atoms with E-state index in [9.17, 15) is 9.59 Å². The molecule has 88 valence electrons. The number of carbonyl (C=O) groups is 1. The number of rotatable bonds is 3. The fourth-order valence-corrected chi connectivity index (χ4v) is 2.31. The topological polar surface area (TPSA) is 63.5 Å². The molecule has 0 radical (unpaired) electrons. The number of fused-ring (bicyclic) bond motifs is 1. The third kappa shape index (κ3) is 1.95. The van der Waals surface area contributed by atoms with Gasteiger partial charge in [0.05, 0.1) is 0 Å². The lowest BCUT2D eigenvalue weighted by atomic mass is 10.3. The summed E-state index contributed by atoms with van der Waals surface area (Å²) in [5.74, 6) is 0.273. The van der Waals surface area contributed by atoms with Crippen LogP contribution in [0.2, 0.25) is 0 Å². The van der Waals surface area contributed by atoms with Crippen LogP contribution < -0.4 is 10.9 Å². The minimum Gasteiger partial charge on any atom is -0.352 e. The number of amides is 1. The highest BCUT2D eigenvalue weighted by Gasteiger charge is 2.22. The van der Waals surface area contributed by atoms with Gasteiger partial charge in [0, 0.05) is 24.3 Å². The van der Waals surface area contributed by atoms with Gasteiger partial charge in [-0.15, -0.1) is 11.3 Å². The van der Waals surface area contributed by atoms with Gasteiger partial charge < -0.3 is 5.32 Å². The molecular weight excluding hydrogens is 238 g/mol. The molecule has 0 bridgehead atoms. The van der Waals surface area contributed by atoms with Crippen LogP contribution in [0.25, 0.3) is 4.96 Å². The Labute approximate surface area is 101 Å². The van der Waals surface area contributed by atoms with Gasteiger partial charge in [0.2, 0.25) is 0 Å². The number of carbonyl (C=O) groups excluding carboxylic acids is 1. The molecule has 1 saturated carbocycles. The van der Waals surface area contributed by atoms with E-state index in [2.05, 4.69) is 10.3 Å². The average Bonchev–Trinajstić information content (AvgIpc) is 3.03. The molecule has 0 saturated heterocycles. The molecular formula is C11H11N3O2S. The lowest BCUT2D eigenvalue weighted by Crippen LogP contribution is -2.32. The van der Waals surface area contributed by atoms with Gasteiger partial charge in [-0.1, -0.05) is 0 Å². The number of aromatic nitrogens is 2. The van der Waals surface area contributed by atoms with Crippen molar-refractivity contribution in [1.29, 1.82) is 0 Å². The standard InChI is InChI=1S/C11H11N3O2S/c15-9(12-5-7-1-2-7)8-6-13-11-14(10(8)16)3-4-17-11/h3-4,6-7H,1-2,5H2,(H,12,15). The normalized spacial score (nSPS) is 15.1. The Balaban J connectivity index is 1.90. The first-order chi connectivity index (χ1) is 8.25. The van der Waals surface area contributed by atoms with Crippen LogP contribution in [0.4, 0.5) is 0 Å². The second kappa shape index (κ2) is 3.96. The van der Waals surface area contributed by atoms with Crippen molar-refractivity contribution in [1.82, 2.24) is 14.7 Å². The van der Waals surface area contributed by atoms with E-state index in [1.165, 1.54) is 34.8 Å². The van der Waals surface area contributed by atoms with Gasteiger partial charge in [-0.05, 0) is 18.8 Å². The van der Waals surface area contributed by atoms with Crippen LogP contribution in [0.15, 0.2) is 22.6 Å². The Morgan fingerprint density at radius 1 is 1.59 bits per heavy atom. The Hall–Kier alpha value is -1.69. The monoisotopic (exact) mass is 249 g/mol. The zero-order valence-electron chi connectivity index (χ0n) is 9.05. The van der Waals surface area contributed by atoms with Gasteiger partial charge in [0.1, 0.15) is 5.56 Å². The fraction of sp³-hybridized carbons (Fsp3) is 0.364. The SMILES string of the molecule is O=C(NCC1CC1)c1cnc2sccn2c1=O. The summed E-state index contributed by atoms with van der Waals surface area (Å²) >= 11 is 1.37. The van der Waals surface area contributed by atoms with E-state index in [1.807, 2.05) is 0 Å². The Morgan fingerprint density at radius 3 is 3.18 bits per heavy atom. The van der Waals surface area contributed by atoms with E-state index in [1.54, 1.807) is 11.6 Å². The summed E-state index contributed by atoms with van der Waals surface area (Å²) in [5.41, 5.74) is -0.189. The number of nitrogens with zero attached hydrogens (tertiary/aromatic N) is 2. The maximum absolute atomic E-state index is 12.0. The third-order valence-electron chi connectivity index (χ3n) is 2.84. The van der Waals surface area contributed by atoms with Crippen molar-refractivity contribution in [2.75, 3.05) is 6.54 Å². The van der Waals surface area contributed by atoms with Crippen molar-refractivity contribution in [3.05, 3.63) is 33.7 Å². The van der Waals surface area contributed by atoms with Crippen LogP contribution in [0.3, 0.4) is 0 Å². The minimum atomic E-state index is -0.324. The van der Waals surface area contributed by atoms with Crippen molar-refractivity contribution in [2.45, 2.75) is 12.8 Å². The van der Waals surface area contributed by atoms with Crippen molar-refractivity contribution in [2.24, 2.45) is 5.92 Å². The molecule has 1 amide bonds. The summed E-state index contributed by atoms with van der Waals surface area (Å²) in [6.45, 7) is 0.657. The predicted molar refractivity (Wildman–Crippen MR) is 64.4 cm³/mol. The Morgan fingerprint density at radius 2 is 2.41 bits per heavy atom. The second-order valence-electron chi connectivity index (χ2n) is 4.19. The predicted octanol–water partition coefficient (Wildman–Crippen LogP) is 0.896. The maximum Gasteiger partial charge on any atom is 0.271 e. The van der Waals surface area contributed by atoms with E-state index in [4.69, 9.17) is 0 Å². The number of thiazole rings is 1. The highest BCUT2D eigenvalue weighted by Crippen LogP contribution is 2.27. The lowest BCUT2D eigenvalue weighted by Gasteiger charge is -2.03. The molecule has 1 aliphatic carbocycles. The summed E-state index contributed by atoms with van der Waals surface area (Å²) in [5, 5.41) is 4.54. The summed E-state index contributed by atoms with van der Waals surface area (Å²) in [4.78, 5) is 28.5. The molecule has 2 aromatic rings. The zero-order chi connectivity index (χ0) is 11.8. The molecule has 2 heterocycles. The van der Waals surface area contributed by atoms with Gasteiger partial charge in [0.25, 0.3) is 11.5 Å². The van der Waals surface area contributed by atoms with Crippen molar-refractivity contribution >= 4 is 22.2 Å². The maximum atomic E-state index is 12.0. The van der Waals surface area contributed by atoms with E-state index in [0.717, 1.165) is 0 Å². The molecule has 0 aliphatic heterocycles. The van der Waals surface area contributed by atoms with Crippen molar-refractivity contribution in [3.63, 3.8) is 0 Å². The molecule has 1 N–H and O–H groups in total. The third-order valence-corrected chi connectivity index (χ3v) is 3.61. The van der Waals surface area contributed by atoms with Crippen molar-refractivity contribution in [3.8, 4) is 0 Å². The van der Waals surface area contributed by atoms with Crippen LogP contribution in [0, 0.1) is 5.92 Å². The highest BCUT2D eigenvalue weighted by molar-refractivity contribution is 7.15. The highest BCUT2D eigenvalue weighted by atomic mass is 32.1. The molecule has 5 nitrogen and oxygen atoms in total. The van der Waals surface area contributed by atoms with E-state index in [-0.39, 0.29) is 17.0 Å². The first-order valence-electron chi connectivity index (χ1n) is 5.49. The molecule has 0 atom stereocenters. The van der Waals surface area contributed by atoms with Gasteiger partial charge >= 0.3 is 0 Å². The van der Waals surface area contributed by atoms with Gasteiger partial charge in [-0.3, -0.25) is 14.0 Å². The molecule has 0 unspecified atom stereocenters. The van der Waals surface area contributed by atoms with Gasteiger partial charge in [-0.2, -0.15) is 0 Å². The van der Waals surface area contributed by atoms with Crippen LogP contribution >= 0.6 is 11.3 Å². The summed E-state index contributed by atoms with van der Waals surface area (Å²) in [7, 11) is 0. The zero-order valence-corrected chi connectivity index (χ0v) is 9.87. The average molecular weight is 249 g/mol. The quantitative estimate of drug-likeness (QED) is 0.879. The van der Waals surface area contributed by atoms with E-state index >= 15 is 0 Å². The summed E-state index contributed by atoms with van der Waals surface area (Å²) < 4.78 is 1.40. The number of hydrogen-bond donors (Lipinski definition) is 1. The molecule has 3 rings (SSSR count). The molecule has 2 aromatic heterocycles. The summed E-state index contributed by atoms with van der Waals surface area (Å²) in [6, 6.07) is 0. The molecule has 6 heteroatoms. The van der Waals surface area contributed by atoms with Crippen LogP contribution in [-0.2, 0) is 0 Å².